The number of anilines is 1. The van der Waals surface area contributed by atoms with Crippen molar-refractivity contribution in [2.45, 2.75) is 38.6 Å². The van der Waals surface area contributed by atoms with E-state index in [0.717, 1.165) is 31.5 Å². The van der Waals surface area contributed by atoms with Crippen LogP contribution in [0.3, 0.4) is 0 Å². The van der Waals surface area contributed by atoms with Crippen LogP contribution in [0.1, 0.15) is 31.5 Å². The largest absolute Gasteiger partial charge is 0.328 e. The Morgan fingerprint density at radius 1 is 1.36 bits per heavy atom. The molecule has 6 nitrogen and oxygen atoms in total. The number of nitrogens with two attached hydrogens (primary N) is 1. The van der Waals surface area contributed by atoms with Gasteiger partial charge >= 0.3 is 0 Å². The van der Waals surface area contributed by atoms with E-state index in [1.165, 1.54) is 0 Å². The highest BCUT2D eigenvalue weighted by Crippen LogP contribution is 2.26. The van der Waals surface area contributed by atoms with E-state index in [2.05, 4.69) is 15.3 Å². The number of nitrogens with one attached hydrogen (secondary N) is 1. The number of aromatic nitrogens is 3. The number of pyridine rings is 1. The maximum Gasteiger partial charge on any atom is 0.227 e. The number of hydrogen-bond acceptors (Lipinski definition) is 4. The number of amides is 1. The molecule has 0 bridgehead atoms. The van der Waals surface area contributed by atoms with E-state index in [1.54, 1.807) is 12.4 Å². The van der Waals surface area contributed by atoms with Gasteiger partial charge in [-0.15, -0.1) is 0 Å². The normalized spacial score (nSPS) is 21.5. The second-order valence-corrected chi connectivity index (χ2v) is 5.83. The first-order valence-electron chi connectivity index (χ1n) is 7.67. The van der Waals surface area contributed by atoms with Crippen molar-refractivity contribution < 1.29 is 4.79 Å². The van der Waals surface area contributed by atoms with Crippen LogP contribution in [0.15, 0.2) is 30.7 Å². The molecule has 1 fully saturated rings. The van der Waals surface area contributed by atoms with Crippen LogP contribution in [-0.4, -0.2) is 26.5 Å². The Balaban J connectivity index is 1.81. The fraction of sp³-hybridized carbons (Fsp3) is 0.438. The molecule has 3 rings (SSSR count). The van der Waals surface area contributed by atoms with Crippen molar-refractivity contribution in [1.29, 1.82) is 0 Å². The first-order chi connectivity index (χ1) is 10.6. The molecule has 2 aromatic rings. The third-order valence-corrected chi connectivity index (χ3v) is 4.18. The van der Waals surface area contributed by atoms with Crippen molar-refractivity contribution in [3.8, 4) is 5.82 Å². The van der Waals surface area contributed by atoms with Crippen LogP contribution in [0.2, 0.25) is 0 Å². The first-order valence-corrected chi connectivity index (χ1v) is 7.67. The lowest BCUT2D eigenvalue weighted by molar-refractivity contribution is -0.120. The second-order valence-electron chi connectivity index (χ2n) is 5.83. The number of rotatable bonds is 3. The van der Waals surface area contributed by atoms with Crippen LogP contribution in [-0.2, 0) is 4.79 Å². The molecule has 2 unspecified atom stereocenters. The van der Waals surface area contributed by atoms with Gasteiger partial charge in [0.1, 0.15) is 5.82 Å². The lowest BCUT2D eigenvalue weighted by atomic mass is 9.85. The van der Waals surface area contributed by atoms with Crippen molar-refractivity contribution in [2.75, 3.05) is 5.32 Å². The third-order valence-electron chi connectivity index (χ3n) is 4.18. The van der Waals surface area contributed by atoms with Crippen molar-refractivity contribution in [2.24, 2.45) is 11.7 Å². The molecule has 1 aliphatic rings. The van der Waals surface area contributed by atoms with Gasteiger partial charge in [-0.2, -0.15) is 0 Å². The Labute approximate surface area is 129 Å². The van der Waals surface area contributed by atoms with Gasteiger partial charge in [0.05, 0.1) is 5.69 Å². The smallest absolute Gasteiger partial charge is 0.227 e. The van der Waals surface area contributed by atoms with Crippen LogP contribution in [0.4, 0.5) is 5.69 Å². The topological polar surface area (TPSA) is 85.8 Å². The molecular formula is C16H21N5O. The monoisotopic (exact) mass is 299 g/mol. The van der Waals surface area contributed by atoms with Gasteiger partial charge < -0.3 is 11.1 Å². The Morgan fingerprint density at radius 2 is 2.23 bits per heavy atom. The maximum absolute atomic E-state index is 12.5. The van der Waals surface area contributed by atoms with E-state index in [9.17, 15) is 4.79 Å². The summed E-state index contributed by atoms with van der Waals surface area (Å²) in [4.78, 5) is 21.1. The molecular weight excluding hydrogens is 278 g/mol. The number of hydrogen-bond donors (Lipinski definition) is 2. The predicted molar refractivity (Wildman–Crippen MR) is 84.7 cm³/mol. The van der Waals surface area contributed by atoms with E-state index < -0.39 is 0 Å². The van der Waals surface area contributed by atoms with Crippen molar-refractivity contribution in [1.82, 2.24) is 14.5 Å². The van der Waals surface area contributed by atoms with Crippen molar-refractivity contribution >= 4 is 11.6 Å². The highest BCUT2D eigenvalue weighted by Gasteiger charge is 2.26. The zero-order valence-corrected chi connectivity index (χ0v) is 12.7. The summed E-state index contributed by atoms with van der Waals surface area (Å²) in [7, 11) is 0. The Morgan fingerprint density at radius 3 is 2.95 bits per heavy atom. The van der Waals surface area contributed by atoms with Crippen molar-refractivity contribution in [3.63, 3.8) is 0 Å². The van der Waals surface area contributed by atoms with Crippen LogP contribution in [0, 0.1) is 12.8 Å². The summed E-state index contributed by atoms with van der Waals surface area (Å²) in [6, 6.07) is 3.81. The quantitative estimate of drug-likeness (QED) is 0.908. The average Bonchev–Trinajstić information content (AvgIpc) is 2.94. The number of carbonyl (C=O) groups is 1. The molecule has 6 heteroatoms. The van der Waals surface area contributed by atoms with Gasteiger partial charge in [-0.3, -0.25) is 9.36 Å². The summed E-state index contributed by atoms with van der Waals surface area (Å²) in [6.45, 7) is 1.90. The molecule has 1 amide bonds. The molecule has 1 aliphatic carbocycles. The Bertz CT molecular complexity index is 666. The minimum absolute atomic E-state index is 0.0132. The Kier molecular flexibility index (Phi) is 4.20. The highest BCUT2D eigenvalue weighted by molar-refractivity contribution is 5.94. The fourth-order valence-corrected chi connectivity index (χ4v) is 2.99. The third kappa shape index (κ3) is 3.01. The molecule has 0 saturated heterocycles. The van der Waals surface area contributed by atoms with E-state index in [0.29, 0.717) is 11.5 Å². The maximum atomic E-state index is 12.5. The fourth-order valence-electron chi connectivity index (χ4n) is 2.99. The SMILES string of the molecule is Cc1nccn1-c1ncccc1NC(=O)C1CCCC(N)C1. The summed E-state index contributed by atoms with van der Waals surface area (Å²) in [6.07, 6.45) is 8.95. The van der Waals surface area contributed by atoms with E-state index in [1.807, 2.05) is 29.8 Å². The van der Waals surface area contributed by atoms with Gasteiger partial charge in [0.15, 0.2) is 5.82 Å². The standard InChI is InChI=1S/C16H21N5O/c1-11-18-8-9-21(11)15-14(6-3-7-19-15)20-16(22)12-4-2-5-13(17)10-12/h3,6-9,12-13H,2,4-5,10,17H2,1H3,(H,20,22). The van der Waals surface area contributed by atoms with Gasteiger partial charge in [0, 0.05) is 30.6 Å². The summed E-state index contributed by atoms with van der Waals surface area (Å²) >= 11 is 0. The Hall–Kier alpha value is -2.21. The van der Waals surface area contributed by atoms with Crippen LogP contribution >= 0.6 is 0 Å². The minimum Gasteiger partial charge on any atom is -0.328 e. The first kappa shape index (κ1) is 14.7. The lowest BCUT2D eigenvalue weighted by Crippen LogP contribution is -2.34. The lowest BCUT2D eigenvalue weighted by Gasteiger charge is -2.26. The zero-order valence-electron chi connectivity index (χ0n) is 12.7. The van der Waals surface area contributed by atoms with Gasteiger partial charge in [-0.1, -0.05) is 6.42 Å². The number of nitrogens with zero attached hydrogens (tertiary/aromatic N) is 3. The van der Waals surface area contributed by atoms with Gasteiger partial charge in [-0.25, -0.2) is 9.97 Å². The molecule has 0 spiro atoms. The molecule has 2 aromatic heterocycles. The average molecular weight is 299 g/mol. The van der Waals surface area contributed by atoms with E-state index in [-0.39, 0.29) is 17.9 Å². The molecule has 0 radical (unpaired) electrons. The molecule has 2 heterocycles. The molecule has 2 atom stereocenters. The molecule has 1 saturated carbocycles. The van der Waals surface area contributed by atoms with Gasteiger partial charge in [-0.05, 0) is 38.3 Å². The zero-order chi connectivity index (χ0) is 15.5. The molecule has 3 N–H and O–H groups in total. The molecule has 22 heavy (non-hydrogen) atoms. The van der Waals surface area contributed by atoms with Crippen LogP contribution in [0.25, 0.3) is 5.82 Å². The number of carbonyl (C=O) groups excluding carboxylic acids is 1. The highest BCUT2D eigenvalue weighted by atomic mass is 16.1. The number of aryl methyl sites for hydroxylation is 1. The van der Waals surface area contributed by atoms with Crippen LogP contribution in [0.5, 0.6) is 0 Å². The second kappa shape index (κ2) is 6.27. The number of imidazole rings is 1. The van der Waals surface area contributed by atoms with E-state index in [4.69, 9.17) is 5.73 Å². The summed E-state index contributed by atoms with van der Waals surface area (Å²) in [5.41, 5.74) is 6.68. The molecule has 116 valence electrons. The summed E-state index contributed by atoms with van der Waals surface area (Å²) < 4.78 is 1.86. The molecule has 0 aliphatic heterocycles. The van der Waals surface area contributed by atoms with Gasteiger partial charge in [0.25, 0.3) is 0 Å². The summed E-state index contributed by atoms with van der Waals surface area (Å²) in [5, 5.41) is 3.01. The van der Waals surface area contributed by atoms with Crippen molar-refractivity contribution in [3.05, 3.63) is 36.5 Å². The summed E-state index contributed by atoms with van der Waals surface area (Å²) in [5.74, 6) is 1.53. The molecule has 0 aromatic carbocycles. The minimum atomic E-state index is -0.0132. The predicted octanol–water partition coefficient (Wildman–Crippen LogP) is 2.03. The van der Waals surface area contributed by atoms with Crippen LogP contribution < -0.4 is 11.1 Å². The van der Waals surface area contributed by atoms with Gasteiger partial charge in [0.2, 0.25) is 5.91 Å². The van der Waals surface area contributed by atoms with E-state index >= 15 is 0 Å².